The topological polar surface area (TPSA) is 12.0 Å². The van der Waals surface area contributed by atoms with Gasteiger partial charge in [0.15, 0.2) is 0 Å². The van der Waals surface area contributed by atoms with E-state index in [-0.39, 0.29) is 0 Å². The Kier molecular flexibility index (Phi) is 1.27. The zero-order valence-electron chi connectivity index (χ0n) is 8.03. The fourth-order valence-electron chi connectivity index (χ4n) is 2.90. The molecule has 1 heteroatoms. The molecule has 3 saturated carbocycles. The fraction of sp³-hybridized carbons (Fsp3) is 1.00. The van der Waals surface area contributed by atoms with Crippen molar-refractivity contribution in [2.45, 2.75) is 63.5 Å². The normalized spacial score (nSPS) is 40.2. The van der Waals surface area contributed by atoms with Gasteiger partial charge in [-0.1, -0.05) is 6.42 Å². The van der Waals surface area contributed by atoms with Crippen molar-refractivity contribution in [2.24, 2.45) is 5.41 Å². The lowest BCUT2D eigenvalue weighted by Gasteiger charge is -2.57. The van der Waals surface area contributed by atoms with Crippen molar-refractivity contribution in [3.05, 3.63) is 0 Å². The first-order valence-corrected chi connectivity index (χ1v) is 5.50. The Hall–Kier alpha value is -0.0400. The molecule has 68 valence electrons. The predicted molar refractivity (Wildman–Crippen MR) is 50.1 cm³/mol. The third-order valence-corrected chi connectivity index (χ3v) is 4.54. The summed E-state index contributed by atoms with van der Waals surface area (Å²) in [5.41, 5.74) is 1.36. The Bertz CT molecular complexity index is 196. The van der Waals surface area contributed by atoms with Crippen LogP contribution in [0.15, 0.2) is 0 Å². The molecule has 0 heterocycles. The van der Waals surface area contributed by atoms with Gasteiger partial charge in [0, 0.05) is 11.6 Å². The predicted octanol–water partition coefficient (Wildman–Crippen LogP) is 2.46. The Morgan fingerprint density at radius 1 is 1.08 bits per heavy atom. The summed E-state index contributed by atoms with van der Waals surface area (Å²) in [6.45, 7) is 2.39. The van der Waals surface area contributed by atoms with Crippen LogP contribution in [0.5, 0.6) is 0 Å². The van der Waals surface area contributed by atoms with Gasteiger partial charge in [0.25, 0.3) is 0 Å². The van der Waals surface area contributed by atoms with E-state index in [1.165, 1.54) is 44.9 Å². The molecule has 0 amide bonds. The van der Waals surface area contributed by atoms with Gasteiger partial charge in [0.2, 0.25) is 0 Å². The number of rotatable bonds is 2. The van der Waals surface area contributed by atoms with Crippen molar-refractivity contribution in [1.29, 1.82) is 0 Å². The maximum absolute atomic E-state index is 3.86. The van der Waals surface area contributed by atoms with Gasteiger partial charge in [0.1, 0.15) is 0 Å². The molecule has 1 unspecified atom stereocenters. The van der Waals surface area contributed by atoms with E-state index in [2.05, 4.69) is 12.2 Å². The Morgan fingerprint density at radius 3 is 2.17 bits per heavy atom. The van der Waals surface area contributed by atoms with E-state index in [9.17, 15) is 0 Å². The molecule has 0 aromatic heterocycles. The van der Waals surface area contributed by atoms with Crippen molar-refractivity contribution < 1.29 is 0 Å². The van der Waals surface area contributed by atoms with Crippen LogP contribution in [-0.2, 0) is 0 Å². The van der Waals surface area contributed by atoms with E-state index in [0.717, 1.165) is 11.5 Å². The van der Waals surface area contributed by atoms with Crippen LogP contribution in [0.2, 0.25) is 0 Å². The molecule has 3 aliphatic carbocycles. The van der Waals surface area contributed by atoms with Crippen LogP contribution < -0.4 is 5.32 Å². The molecule has 3 aliphatic rings. The molecule has 3 fully saturated rings. The molecule has 0 aromatic rings. The minimum atomic E-state index is 0.563. The first-order chi connectivity index (χ1) is 5.73. The molecule has 0 saturated heterocycles. The van der Waals surface area contributed by atoms with E-state index >= 15 is 0 Å². The van der Waals surface area contributed by atoms with Gasteiger partial charge in [0.05, 0.1) is 0 Å². The van der Waals surface area contributed by atoms with Crippen LogP contribution >= 0.6 is 0 Å². The van der Waals surface area contributed by atoms with Crippen LogP contribution in [0.25, 0.3) is 0 Å². The van der Waals surface area contributed by atoms with Gasteiger partial charge in [-0.25, -0.2) is 0 Å². The minimum absolute atomic E-state index is 0.563. The monoisotopic (exact) mass is 165 g/mol. The molecule has 0 radical (unpaired) electrons. The molecule has 0 aromatic carbocycles. The third-order valence-electron chi connectivity index (χ3n) is 4.54. The van der Waals surface area contributed by atoms with Gasteiger partial charge >= 0.3 is 0 Å². The van der Waals surface area contributed by atoms with Crippen LogP contribution in [0.3, 0.4) is 0 Å². The molecule has 12 heavy (non-hydrogen) atoms. The molecule has 0 aliphatic heterocycles. The highest BCUT2D eigenvalue weighted by Crippen LogP contribution is 2.57. The summed E-state index contributed by atoms with van der Waals surface area (Å²) in [5, 5.41) is 3.86. The zero-order chi connectivity index (χ0) is 8.23. The van der Waals surface area contributed by atoms with E-state index in [1.54, 1.807) is 0 Å². The van der Waals surface area contributed by atoms with Crippen molar-refractivity contribution in [2.75, 3.05) is 0 Å². The Balaban J connectivity index is 1.63. The highest BCUT2D eigenvalue weighted by molar-refractivity contribution is 5.10. The average Bonchev–Trinajstić information content (AvgIpc) is 2.59. The van der Waals surface area contributed by atoms with Crippen molar-refractivity contribution in [3.8, 4) is 0 Å². The highest BCUT2D eigenvalue weighted by Gasteiger charge is 2.53. The van der Waals surface area contributed by atoms with Crippen LogP contribution in [-0.4, -0.2) is 11.6 Å². The molecule has 1 nitrogen and oxygen atoms in total. The first-order valence-electron chi connectivity index (χ1n) is 5.50. The number of nitrogens with one attached hydrogen (secondary N) is 1. The lowest BCUT2D eigenvalue weighted by Crippen LogP contribution is -2.59. The van der Waals surface area contributed by atoms with Gasteiger partial charge in [-0.05, 0) is 50.9 Å². The maximum atomic E-state index is 3.86. The minimum Gasteiger partial charge on any atom is -0.308 e. The van der Waals surface area contributed by atoms with Crippen molar-refractivity contribution in [3.63, 3.8) is 0 Å². The lowest BCUT2D eigenvalue weighted by molar-refractivity contribution is -0.0236. The van der Waals surface area contributed by atoms with Crippen LogP contribution in [0, 0.1) is 5.41 Å². The van der Waals surface area contributed by atoms with Crippen LogP contribution in [0.1, 0.15) is 51.9 Å². The van der Waals surface area contributed by atoms with Crippen molar-refractivity contribution in [1.82, 2.24) is 5.32 Å². The number of hydrogen-bond donors (Lipinski definition) is 1. The van der Waals surface area contributed by atoms with Gasteiger partial charge in [-0.15, -0.1) is 0 Å². The molecular weight excluding hydrogens is 146 g/mol. The third kappa shape index (κ3) is 0.891. The van der Waals surface area contributed by atoms with Gasteiger partial charge < -0.3 is 5.32 Å². The molecule has 3 rings (SSSR count). The van der Waals surface area contributed by atoms with Crippen LogP contribution in [0.4, 0.5) is 0 Å². The van der Waals surface area contributed by atoms with E-state index < -0.39 is 0 Å². The fourth-order valence-corrected chi connectivity index (χ4v) is 2.90. The molecule has 1 spiro atoms. The summed E-state index contributed by atoms with van der Waals surface area (Å²) in [7, 11) is 0. The second-order valence-corrected chi connectivity index (χ2v) is 5.51. The highest BCUT2D eigenvalue weighted by atomic mass is 15.1. The van der Waals surface area contributed by atoms with E-state index in [0.29, 0.717) is 5.54 Å². The molecule has 0 bridgehead atoms. The second-order valence-electron chi connectivity index (χ2n) is 5.51. The molecule has 1 N–H and O–H groups in total. The quantitative estimate of drug-likeness (QED) is 0.662. The Labute approximate surface area is 74.9 Å². The second kappa shape index (κ2) is 2.06. The summed E-state index contributed by atoms with van der Waals surface area (Å²) in [6, 6.07) is 0.902. The summed E-state index contributed by atoms with van der Waals surface area (Å²) >= 11 is 0. The zero-order valence-corrected chi connectivity index (χ0v) is 8.03. The number of hydrogen-bond acceptors (Lipinski definition) is 1. The van der Waals surface area contributed by atoms with Crippen molar-refractivity contribution >= 4 is 0 Å². The average molecular weight is 165 g/mol. The summed E-state index contributed by atoms with van der Waals surface area (Å²) in [4.78, 5) is 0. The lowest BCUT2D eigenvalue weighted by atomic mass is 9.53. The van der Waals surface area contributed by atoms with Gasteiger partial charge in [-0.3, -0.25) is 0 Å². The molecular formula is C11H19N. The van der Waals surface area contributed by atoms with E-state index in [1.807, 2.05) is 0 Å². The standard InChI is InChI=1S/C11H19N/c1-10(7-8-10)12-9-3-6-11(9)4-2-5-11/h9,12H,2-8H2,1H3. The summed E-state index contributed by atoms with van der Waals surface area (Å²) in [5.74, 6) is 0. The smallest absolute Gasteiger partial charge is 0.0157 e. The SMILES string of the molecule is CC1(NC2CCC23CCC3)CC1. The Morgan fingerprint density at radius 2 is 1.83 bits per heavy atom. The maximum Gasteiger partial charge on any atom is 0.0157 e. The van der Waals surface area contributed by atoms with E-state index in [4.69, 9.17) is 0 Å². The summed E-state index contributed by atoms with van der Waals surface area (Å²) < 4.78 is 0. The van der Waals surface area contributed by atoms with Gasteiger partial charge in [-0.2, -0.15) is 0 Å². The molecule has 1 atom stereocenters. The summed E-state index contributed by atoms with van der Waals surface area (Å²) in [6.07, 6.45) is 10.3. The first kappa shape index (κ1) is 7.37. The largest absolute Gasteiger partial charge is 0.308 e.